The molecule has 1 unspecified atom stereocenters. The summed E-state index contributed by atoms with van der Waals surface area (Å²) in [6.07, 6.45) is -1.60. The molecule has 4 nitrogen and oxygen atoms in total. The van der Waals surface area contributed by atoms with Crippen LogP contribution < -0.4 is 9.47 Å². The Balaban J connectivity index is 1.88. The number of ketones is 1. The van der Waals surface area contributed by atoms with Gasteiger partial charge in [-0.15, -0.1) is 0 Å². The van der Waals surface area contributed by atoms with Gasteiger partial charge in [-0.1, -0.05) is 25.0 Å². The van der Waals surface area contributed by atoms with Gasteiger partial charge in [0.05, 0.1) is 19.1 Å². The Bertz CT molecular complexity index is 1020. The Hall–Kier alpha value is -2.54. The first-order valence-electron chi connectivity index (χ1n) is 10.8. The molecule has 1 aliphatic carbocycles. The number of Topliss-reactive ketones (excluding diaryl/α,β-unsaturated/α-hetero) is 1. The lowest BCUT2D eigenvalue weighted by molar-refractivity contribution is -0.137. The van der Waals surface area contributed by atoms with Gasteiger partial charge in [-0.3, -0.25) is 4.79 Å². The summed E-state index contributed by atoms with van der Waals surface area (Å²) in [4.78, 5) is 13.0. The largest absolute Gasteiger partial charge is 0.495 e. The van der Waals surface area contributed by atoms with E-state index >= 15 is 0 Å². The van der Waals surface area contributed by atoms with E-state index in [1.807, 2.05) is 19.9 Å². The average molecular weight is 448 g/mol. The van der Waals surface area contributed by atoms with Crippen LogP contribution in [-0.4, -0.2) is 23.6 Å². The van der Waals surface area contributed by atoms with Crippen LogP contribution in [0.1, 0.15) is 90.6 Å². The molecule has 172 valence electrons. The van der Waals surface area contributed by atoms with E-state index < -0.39 is 23.4 Å². The number of benzene rings is 2. The van der Waals surface area contributed by atoms with Gasteiger partial charge in [0.2, 0.25) is 0 Å². The van der Waals surface area contributed by atoms with Gasteiger partial charge < -0.3 is 14.6 Å². The molecule has 0 radical (unpaired) electrons. The smallest absolute Gasteiger partial charge is 0.416 e. The van der Waals surface area contributed by atoms with E-state index in [2.05, 4.69) is 0 Å². The predicted octanol–water partition coefficient (Wildman–Crippen LogP) is 6.20. The zero-order valence-corrected chi connectivity index (χ0v) is 18.4. The fourth-order valence-corrected chi connectivity index (χ4v) is 4.91. The highest BCUT2D eigenvalue weighted by atomic mass is 19.4. The molecule has 1 fully saturated rings. The number of aliphatic hydroxyl groups excluding tert-OH is 1. The van der Waals surface area contributed by atoms with Crippen molar-refractivity contribution in [3.63, 3.8) is 0 Å². The molecule has 1 atom stereocenters. The summed E-state index contributed by atoms with van der Waals surface area (Å²) in [5.74, 6) is 0.689. The fraction of sp³-hybridized carbons (Fsp3) is 0.480. The van der Waals surface area contributed by atoms with Crippen LogP contribution in [0.2, 0.25) is 0 Å². The molecule has 32 heavy (non-hydrogen) atoms. The van der Waals surface area contributed by atoms with E-state index in [-0.39, 0.29) is 29.4 Å². The molecule has 1 heterocycles. The number of fused-ring (bicyclic) bond motifs is 1. The minimum absolute atomic E-state index is 0.146. The van der Waals surface area contributed by atoms with Crippen LogP contribution >= 0.6 is 0 Å². The first-order valence-corrected chi connectivity index (χ1v) is 10.8. The quantitative estimate of drug-likeness (QED) is 0.605. The van der Waals surface area contributed by atoms with E-state index in [4.69, 9.17) is 9.47 Å². The second-order valence-corrected chi connectivity index (χ2v) is 9.25. The van der Waals surface area contributed by atoms with Crippen LogP contribution in [-0.2, 0) is 6.18 Å². The number of hydrogen-bond acceptors (Lipinski definition) is 4. The summed E-state index contributed by atoms with van der Waals surface area (Å²) in [7, 11) is 1.43. The first-order chi connectivity index (χ1) is 15.0. The molecule has 1 aliphatic heterocycles. The lowest BCUT2D eigenvalue weighted by Crippen LogP contribution is -2.36. The zero-order chi connectivity index (χ0) is 23.3. The standard InChI is InChI=1S/C25H27F3O4/c1-24(2)13-18(29)21-19(32-24)12-17(14-6-4-5-7-14)20(23(21)31-3)22(30)15-8-10-16(11-9-15)25(26,27)28/h8-12,14,22,30H,4-7,13H2,1-3H3. The molecule has 2 aromatic carbocycles. The van der Waals surface area contributed by atoms with Gasteiger partial charge >= 0.3 is 6.18 Å². The summed E-state index contributed by atoms with van der Waals surface area (Å²) < 4.78 is 50.8. The number of rotatable bonds is 4. The van der Waals surface area contributed by atoms with E-state index in [9.17, 15) is 23.1 Å². The van der Waals surface area contributed by atoms with Gasteiger partial charge in [0, 0.05) is 5.56 Å². The van der Waals surface area contributed by atoms with Crippen molar-refractivity contribution in [2.45, 2.75) is 69.8 Å². The molecule has 0 spiro atoms. The second kappa shape index (κ2) is 8.10. The highest BCUT2D eigenvalue weighted by Crippen LogP contribution is 2.49. The van der Waals surface area contributed by atoms with Crippen molar-refractivity contribution in [2.24, 2.45) is 0 Å². The highest BCUT2D eigenvalue weighted by Gasteiger charge is 2.39. The SMILES string of the molecule is COc1c2c(cc(C3CCCC3)c1C(O)c1ccc(C(F)(F)F)cc1)OC(C)(C)CC2=O. The molecule has 0 aromatic heterocycles. The van der Waals surface area contributed by atoms with Crippen LogP contribution in [0.3, 0.4) is 0 Å². The van der Waals surface area contributed by atoms with E-state index in [1.54, 1.807) is 0 Å². The third-order valence-electron chi connectivity index (χ3n) is 6.39. The third kappa shape index (κ3) is 4.10. The molecule has 7 heteroatoms. The van der Waals surface area contributed by atoms with Gasteiger partial charge in [0.15, 0.2) is 5.78 Å². The topological polar surface area (TPSA) is 55.8 Å². The lowest BCUT2D eigenvalue weighted by Gasteiger charge is -2.34. The van der Waals surface area contributed by atoms with Crippen molar-refractivity contribution in [1.82, 2.24) is 0 Å². The molecule has 1 saturated carbocycles. The van der Waals surface area contributed by atoms with E-state index in [0.717, 1.165) is 43.4 Å². The summed E-state index contributed by atoms with van der Waals surface area (Å²) >= 11 is 0. The van der Waals surface area contributed by atoms with Gasteiger partial charge in [-0.05, 0) is 61.9 Å². The van der Waals surface area contributed by atoms with Crippen molar-refractivity contribution in [2.75, 3.05) is 7.11 Å². The number of carbonyl (C=O) groups excluding carboxylic acids is 1. The molecular weight excluding hydrogens is 421 g/mol. The van der Waals surface area contributed by atoms with E-state index in [0.29, 0.717) is 16.9 Å². The highest BCUT2D eigenvalue weighted by molar-refractivity contribution is 6.03. The molecule has 2 aromatic rings. The summed E-state index contributed by atoms with van der Waals surface area (Å²) in [6, 6.07) is 6.28. The molecular formula is C25H27F3O4. The molecule has 1 N–H and O–H groups in total. The predicted molar refractivity (Wildman–Crippen MR) is 113 cm³/mol. The number of methoxy groups -OCH3 is 1. The zero-order valence-electron chi connectivity index (χ0n) is 18.4. The van der Waals surface area contributed by atoms with Crippen molar-refractivity contribution < 1.29 is 32.5 Å². The normalized spacial score (nSPS) is 19.4. The summed E-state index contributed by atoms with van der Waals surface area (Å²) in [5.41, 5.74) is 0.420. The molecule has 2 aliphatic rings. The van der Waals surface area contributed by atoms with Crippen LogP contribution in [0.25, 0.3) is 0 Å². The maximum Gasteiger partial charge on any atom is 0.416 e. The van der Waals surface area contributed by atoms with Crippen molar-refractivity contribution >= 4 is 5.78 Å². The number of alkyl halides is 3. The number of halogens is 3. The minimum Gasteiger partial charge on any atom is -0.495 e. The van der Waals surface area contributed by atoms with Gasteiger partial charge in [-0.25, -0.2) is 0 Å². The van der Waals surface area contributed by atoms with Crippen LogP contribution in [0, 0.1) is 0 Å². The second-order valence-electron chi connectivity index (χ2n) is 9.25. The summed E-state index contributed by atoms with van der Waals surface area (Å²) in [6.45, 7) is 3.70. The van der Waals surface area contributed by atoms with Crippen molar-refractivity contribution in [1.29, 1.82) is 0 Å². The number of hydrogen-bond donors (Lipinski definition) is 1. The van der Waals surface area contributed by atoms with Gasteiger partial charge in [0.1, 0.15) is 28.8 Å². The van der Waals surface area contributed by atoms with Gasteiger partial charge in [0.25, 0.3) is 0 Å². The monoisotopic (exact) mass is 448 g/mol. The number of ether oxygens (including phenoxy) is 2. The lowest BCUT2D eigenvalue weighted by atomic mass is 9.82. The third-order valence-corrected chi connectivity index (χ3v) is 6.39. The molecule has 0 amide bonds. The first kappa shape index (κ1) is 22.6. The Labute approximate surface area is 185 Å². The average Bonchev–Trinajstić information content (AvgIpc) is 3.25. The molecule has 0 bridgehead atoms. The Morgan fingerprint density at radius 3 is 2.34 bits per heavy atom. The number of aliphatic hydroxyl groups is 1. The molecule has 4 rings (SSSR count). The molecule has 0 saturated heterocycles. The van der Waals surface area contributed by atoms with Crippen molar-refractivity contribution in [3.8, 4) is 11.5 Å². The fourth-order valence-electron chi connectivity index (χ4n) is 4.91. The number of carbonyl (C=O) groups is 1. The Morgan fingerprint density at radius 2 is 1.78 bits per heavy atom. The minimum atomic E-state index is -4.46. The maximum atomic E-state index is 13.0. The maximum absolute atomic E-state index is 13.0. The van der Waals surface area contributed by atoms with E-state index in [1.165, 1.54) is 19.2 Å². The summed E-state index contributed by atoms with van der Waals surface area (Å²) in [5, 5.41) is 11.3. The Morgan fingerprint density at radius 1 is 1.16 bits per heavy atom. The van der Waals surface area contributed by atoms with Gasteiger partial charge in [-0.2, -0.15) is 13.2 Å². The van der Waals surface area contributed by atoms with Crippen LogP contribution in [0.4, 0.5) is 13.2 Å². The van der Waals surface area contributed by atoms with Crippen LogP contribution in [0.15, 0.2) is 30.3 Å². The van der Waals surface area contributed by atoms with Crippen molar-refractivity contribution in [3.05, 3.63) is 58.1 Å². The Kier molecular flexibility index (Phi) is 5.74. The van der Waals surface area contributed by atoms with Crippen LogP contribution in [0.5, 0.6) is 11.5 Å².